The zero-order chi connectivity index (χ0) is 13.3. The normalized spacial score (nSPS) is 20.4. The molecule has 1 aromatic rings. The number of primary amides is 1. The molecule has 1 aliphatic rings. The van der Waals surface area contributed by atoms with Gasteiger partial charge in [0.15, 0.2) is 0 Å². The first-order chi connectivity index (χ1) is 8.50. The summed E-state index contributed by atoms with van der Waals surface area (Å²) in [4.78, 5) is 21.9. The number of amides is 2. The molecule has 96 valence electrons. The summed E-state index contributed by atoms with van der Waals surface area (Å²) in [5.74, 6) is 0. The van der Waals surface area contributed by atoms with Crippen molar-refractivity contribution in [3.63, 3.8) is 0 Å². The van der Waals surface area contributed by atoms with Crippen molar-refractivity contribution in [1.29, 1.82) is 0 Å². The van der Waals surface area contributed by atoms with Crippen molar-refractivity contribution in [3.05, 3.63) is 29.8 Å². The number of hydrogen-bond donors (Lipinski definition) is 1. The number of sulfonamides is 1. The Labute approximate surface area is 104 Å². The van der Waals surface area contributed by atoms with Gasteiger partial charge in [-0.2, -0.15) is 0 Å². The van der Waals surface area contributed by atoms with E-state index in [1.165, 1.54) is 6.07 Å². The molecule has 0 spiro atoms. The second-order valence-corrected chi connectivity index (χ2v) is 5.72. The summed E-state index contributed by atoms with van der Waals surface area (Å²) >= 11 is 0. The molecule has 1 atom stereocenters. The Morgan fingerprint density at radius 1 is 1.39 bits per heavy atom. The number of fused-ring (bicyclic) bond motifs is 1. The van der Waals surface area contributed by atoms with Crippen molar-refractivity contribution >= 4 is 22.3 Å². The standard InChI is InChI=1S/C11H12N2O4S/c12-11(15)13-9(5-3-7-14)8-4-1-2-6-10(8)18(13,16)17/h1-2,4,6-7,9H,3,5H2,(H2,12,15). The minimum absolute atomic E-state index is 0.0831. The van der Waals surface area contributed by atoms with Crippen LogP contribution in [0, 0.1) is 0 Å². The predicted octanol–water partition coefficient (Wildman–Crippen LogP) is 0.790. The van der Waals surface area contributed by atoms with Gasteiger partial charge in [0.1, 0.15) is 6.29 Å². The van der Waals surface area contributed by atoms with Crippen LogP contribution in [0.3, 0.4) is 0 Å². The van der Waals surface area contributed by atoms with Crippen LogP contribution < -0.4 is 5.73 Å². The maximum absolute atomic E-state index is 12.1. The third kappa shape index (κ3) is 1.76. The number of hydrogen-bond acceptors (Lipinski definition) is 4. The van der Waals surface area contributed by atoms with E-state index in [4.69, 9.17) is 5.73 Å². The summed E-state index contributed by atoms with van der Waals surface area (Å²) in [5, 5.41) is 0. The van der Waals surface area contributed by atoms with E-state index in [2.05, 4.69) is 0 Å². The van der Waals surface area contributed by atoms with E-state index in [-0.39, 0.29) is 17.7 Å². The van der Waals surface area contributed by atoms with Gasteiger partial charge in [-0.15, -0.1) is 0 Å². The molecule has 1 heterocycles. The van der Waals surface area contributed by atoms with Gasteiger partial charge in [0.25, 0.3) is 10.0 Å². The monoisotopic (exact) mass is 268 g/mol. The fourth-order valence-electron chi connectivity index (χ4n) is 2.16. The van der Waals surface area contributed by atoms with E-state index in [0.717, 1.165) is 0 Å². The van der Waals surface area contributed by atoms with E-state index in [9.17, 15) is 18.0 Å². The Morgan fingerprint density at radius 3 is 2.67 bits per heavy atom. The van der Waals surface area contributed by atoms with E-state index in [1.54, 1.807) is 18.2 Å². The minimum atomic E-state index is -3.88. The highest BCUT2D eigenvalue weighted by Gasteiger charge is 2.44. The van der Waals surface area contributed by atoms with Crippen LogP contribution in [0.25, 0.3) is 0 Å². The molecule has 1 aromatic carbocycles. The van der Waals surface area contributed by atoms with E-state index >= 15 is 0 Å². The molecule has 0 aromatic heterocycles. The molecule has 0 radical (unpaired) electrons. The molecule has 18 heavy (non-hydrogen) atoms. The maximum Gasteiger partial charge on any atom is 0.329 e. The summed E-state index contributed by atoms with van der Waals surface area (Å²) in [6, 6.07) is 4.62. The molecule has 0 fully saturated rings. The number of aldehydes is 1. The minimum Gasteiger partial charge on any atom is -0.351 e. The Morgan fingerprint density at radius 2 is 2.06 bits per heavy atom. The zero-order valence-corrected chi connectivity index (χ0v) is 10.3. The van der Waals surface area contributed by atoms with Crippen molar-refractivity contribution in [1.82, 2.24) is 4.31 Å². The molecule has 7 heteroatoms. The van der Waals surface area contributed by atoms with Gasteiger partial charge in [-0.05, 0) is 18.1 Å². The number of rotatable bonds is 3. The lowest BCUT2D eigenvalue weighted by molar-refractivity contribution is -0.108. The summed E-state index contributed by atoms with van der Waals surface area (Å²) in [6.07, 6.45) is 1.09. The Kier molecular flexibility index (Phi) is 3.08. The van der Waals surface area contributed by atoms with Crippen molar-refractivity contribution in [2.75, 3.05) is 0 Å². The quantitative estimate of drug-likeness (QED) is 0.819. The molecule has 0 bridgehead atoms. The first-order valence-electron chi connectivity index (χ1n) is 5.36. The average Bonchev–Trinajstić information content (AvgIpc) is 2.55. The Hall–Kier alpha value is -1.89. The van der Waals surface area contributed by atoms with Crippen molar-refractivity contribution in [2.45, 2.75) is 23.8 Å². The predicted molar refractivity (Wildman–Crippen MR) is 63.1 cm³/mol. The fourth-order valence-corrected chi connectivity index (χ4v) is 3.92. The first-order valence-corrected chi connectivity index (χ1v) is 6.80. The molecule has 0 aliphatic carbocycles. The lowest BCUT2D eigenvalue weighted by atomic mass is 10.0. The molecule has 2 N–H and O–H groups in total. The van der Waals surface area contributed by atoms with Crippen molar-refractivity contribution in [2.24, 2.45) is 5.73 Å². The summed E-state index contributed by atoms with van der Waals surface area (Å²) < 4.78 is 24.9. The molecule has 1 aliphatic heterocycles. The van der Waals surface area contributed by atoms with Crippen LogP contribution in [0.15, 0.2) is 29.2 Å². The van der Waals surface area contributed by atoms with E-state index < -0.39 is 22.1 Å². The van der Waals surface area contributed by atoms with Crippen LogP contribution in [-0.4, -0.2) is 25.0 Å². The van der Waals surface area contributed by atoms with Crippen LogP contribution >= 0.6 is 0 Å². The van der Waals surface area contributed by atoms with Crippen LogP contribution in [0.4, 0.5) is 4.79 Å². The molecule has 6 nitrogen and oxygen atoms in total. The maximum atomic E-state index is 12.1. The molecule has 0 saturated heterocycles. The first kappa shape index (κ1) is 12.6. The number of nitrogens with two attached hydrogens (primary N) is 1. The SMILES string of the molecule is NC(=O)N1C(CCC=O)c2ccccc2S1(=O)=O. The number of carbonyl (C=O) groups excluding carboxylic acids is 2. The van der Waals surface area contributed by atoms with Gasteiger partial charge in [-0.3, -0.25) is 0 Å². The van der Waals surface area contributed by atoms with Crippen LogP contribution in [0.2, 0.25) is 0 Å². The van der Waals surface area contributed by atoms with E-state index in [1.807, 2.05) is 0 Å². The lowest BCUT2D eigenvalue weighted by Gasteiger charge is -2.20. The highest BCUT2D eigenvalue weighted by atomic mass is 32.2. The summed E-state index contributed by atoms with van der Waals surface area (Å²) in [6.45, 7) is 0. The number of carbonyl (C=O) groups is 2. The highest BCUT2D eigenvalue weighted by molar-refractivity contribution is 7.90. The third-order valence-corrected chi connectivity index (χ3v) is 4.75. The Bertz CT molecular complexity index is 597. The summed E-state index contributed by atoms with van der Waals surface area (Å²) in [5.41, 5.74) is 5.65. The van der Waals surface area contributed by atoms with Gasteiger partial charge in [0.05, 0.1) is 10.9 Å². The molecule has 2 rings (SSSR count). The van der Waals surface area contributed by atoms with Gasteiger partial charge >= 0.3 is 6.03 Å². The topological polar surface area (TPSA) is 97.5 Å². The number of urea groups is 1. The molecule has 2 amide bonds. The summed E-state index contributed by atoms with van der Waals surface area (Å²) in [7, 11) is -3.88. The molecule has 0 saturated carbocycles. The van der Waals surface area contributed by atoms with Gasteiger partial charge in [-0.25, -0.2) is 17.5 Å². The largest absolute Gasteiger partial charge is 0.351 e. The molecular formula is C11H12N2O4S. The Balaban J connectivity index is 2.56. The molecular weight excluding hydrogens is 256 g/mol. The van der Waals surface area contributed by atoms with Gasteiger partial charge in [-0.1, -0.05) is 18.2 Å². The van der Waals surface area contributed by atoms with Gasteiger partial charge in [0.2, 0.25) is 0 Å². The number of nitrogens with zero attached hydrogens (tertiary/aromatic N) is 1. The third-order valence-electron chi connectivity index (χ3n) is 2.87. The fraction of sp³-hybridized carbons (Fsp3) is 0.273. The van der Waals surface area contributed by atoms with Gasteiger partial charge < -0.3 is 10.5 Å². The zero-order valence-electron chi connectivity index (χ0n) is 9.44. The van der Waals surface area contributed by atoms with Crippen LogP contribution in [0.1, 0.15) is 24.4 Å². The highest BCUT2D eigenvalue weighted by Crippen LogP contribution is 2.41. The second-order valence-electron chi connectivity index (χ2n) is 3.94. The van der Waals surface area contributed by atoms with Crippen molar-refractivity contribution < 1.29 is 18.0 Å². The number of benzene rings is 1. The van der Waals surface area contributed by atoms with Crippen LogP contribution in [-0.2, 0) is 14.8 Å². The van der Waals surface area contributed by atoms with Crippen molar-refractivity contribution in [3.8, 4) is 0 Å². The second kappa shape index (κ2) is 4.41. The van der Waals surface area contributed by atoms with Gasteiger partial charge in [0, 0.05) is 6.42 Å². The van der Waals surface area contributed by atoms with Crippen LogP contribution in [0.5, 0.6) is 0 Å². The average molecular weight is 268 g/mol. The van der Waals surface area contributed by atoms with E-state index in [0.29, 0.717) is 16.2 Å². The lowest BCUT2D eigenvalue weighted by Crippen LogP contribution is -2.38. The smallest absolute Gasteiger partial charge is 0.329 e. The molecule has 1 unspecified atom stereocenters.